The van der Waals surface area contributed by atoms with Crippen LogP contribution in [-0.2, 0) is 6.54 Å². The van der Waals surface area contributed by atoms with E-state index in [1.54, 1.807) is 18.3 Å². The molecule has 0 saturated heterocycles. The maximum atomic E-state index is 13.1. The number of benzene rings is 2. The fourth-order valence-electron chi connectivity index (χ4n) is 3.40. The van der Waals surface area contributed by atoms with Gasteiger partial charge in [-0.2, -0.15) is 0 Å². The predicted molar refractivity (Wildman–Crippen MR) is 125 cm³/mol. The maximum Gasteiger partial charge on any atom is 0.132 e. The molecule has 0 bridgehead atoms. The van der Waals surface area contributed by atoms with E-state index >= 15 is 0 Å². The summed E-state index contributed by atoms with van der Waals surface area (Å²) < 4.78 is 19.3. The number of pyridine rings is 1. The van der Waals surface area contributed by atoms with Crippen molar-refractivity contribution in [3.05, 3.63) is 102 Å². The molecule has 0 fully saturated rings. The third kappa shape index (κ3) is 5.25. The zero-order valence-corrected chi connectivity index (χ0v) is 18.1. The molecule has 1 unspecified atom stereocenters. The van der Waals surface area contributed by atoms with Crippen LogP contribution in [0.25, 0.3) is 5.70 Å². The largest absolute Gasteiger partial charge is 0.457 e. The number of halogens is 1. The summed E-state index contributed by atoms with van der Waals surface area (Å²) in [5, 5.41) is 8.49. The minimum absolute atomic E-state index is 0.0247. The molecule has 1 aliphatic rings. The Bertz CT molecular complexity index is 1130. The molecule has 3 aromatic rings. The number of rotatable bonds is 8. The van der Waals surface area contributed by atoms with E-state index in [9.17, 15) is 4.39 Å². The van der Waals surface area contributed by atoms with Crippen LogP contribution in [0.1, 0.15) is 16.7 Å². The molecule has 0 saturated carbocycles. The molecule has 1 aromatic heterocycles. The average molecular weight is 432 g/mol. The van der Waals surface area contributed by atoms with Crippen molar-refractivity contribution in [2.24, 2.45) is 0 Å². The van der Waals surface area contributed by atoms with E-state index in [1.165, 1.54) is 12.1 Å². The van der Waals surface area contributed by atoms with E-state index in [2.05, 4.69) is 27.6 Å². The van der Waals surface area contributed by atoms with Crippen LogP contribution in [0.4, 0.5) is 10.2 Å². The lowest BCUT2D eigenvalue weighted by atomic mass is 10.0. The standard InChI is InChI=1S/C25H26FN5O/c1-17-22(18(2)28-16-19-7-9-20(26)10-8-19)5-4-6-23(17)32-21-11-13-27-25(15-21)29-24-12-14-31(3)30-24/h4-15,24,28,30H,2,16H2,1,3H3,(H,27,29). The number of ether oxygens (including phenoxy) is 1. The van der Waals surface area contributed by atoms with Gasteiger partial charge in [-0.25, -0.2) is 14.8 Å². The molecule has 1 atom stereocenters. The zero-order chi connectivity index (χ0) is 22.5. The van der Waals surface area contributed by atoms with Gasteiger partial charge in [0.1, 0.15) is 29.3 Å². The Labute approximate surface area is 187 Å². The van der Waals surface area contributed by atoms with Crippen molar-refractivity contribution in [1.82, 2.24) is 20.7 Å². The highest BCUT2D eigenvalue weighted by molar-refractivity contribution is 5.67. The van der Waals surface area contributed by atoms with Crippen molar-refractivity contribution in [2.45, 2.75) is 19.6 Å². The molecule has 7 heteroatoms. The number of nitrogens with one attached hydrogen (secondary N) is 3. The molecule has 1 aliphatic heterocycles. The van der Waals surface area contributed by atoms with Gasteiger partial charge >= 0.3 is 0 Å². The van der Waals surface area contributed by atoms with E-state index < -0.39 is 0 Å². The van der Waals surface area contributed by atoms with Crippen LogP contribution in [-0.4, -0.2) is 23.2 Å². The molecule has 0 radical (unpaired) electrons. The molecule has 6 nitrogen and oxygen atoms in total. The molecule has 0 aliphatic carbocycles. The first-order valence-electron chi connectivity index (χ1n) is 10.3. The Balaban J connectivity index is 1.43. The second kappa shape index (κ2) is 9.53. The summed E-state index contributed by atoms with van der Waals surface area (Å²) in [7, 11) is 1.93. The van der Waals surface area contributed by atoms with Gasteiger partial charge in [-0.15, -0.1) is 0 Å². The third-order valence-corrected chi connectivity index (χ3v) is 5.14. The first kappa shape index (κ1) is 21.4. The van der Waals surface area contributed by atoms with E-state index in [-0.39, 0.29) is 12.0 Å². The molecule has 2 heterocycles. The number of hydrazine groups is 1. The maximum absolute atomic E-state index is 13.1. The number of hydrogen-bond donors (Lipinski definition) is 3. The Kier molecular flexibility index (Phi) is 6.37. The van der Waals surface area contributed by atoms with Crippen LogP contribution in [0.3, 0.4) is 0 Å². The highest BCUT2D eigenvalue weighted by atomic mass is 19.1. The highest BCUT2D eigenvalue weighted by Gasteiger charge is 2.13. The van der Waals surface area contributed by atoms with E-state index in [4.69, 9.17) is 4.74 Å². The number of nitrogens with zero attached hydrogens (tertiary/aromatic N) is 2. The Morgan fingerprint density at radius 2 is 2.03 bits per heavy atom. The summed E-state index contributed by atoms with van der Waals surface area (Å²) in [5.41, 5.74) is 6.90. The van der Waals surface area contributed by atoms with Gasteiger partial charge in [0, 0.05) is 48.9 Å². The lowest BCUT2D eigenvalue weighted by molar-refractivity contribution is 0.342. The predicted octanol–water partition coefficient (Wildman–Crippen LogP) is 4.78. The molecule has 32 heavy (non-hydrogen) atoms. The minimum atomic E-state index is -0.244. The van der Waals surface area contributed by atoms with Crippen molar-refractivity contribution in [2.75, 3.05) is 12.4 Å². The third-order valence-electron chi connectivity index (χ3n) is 5.14. The second-order valence-corrected chi connectivity index (χ2v) is 7.57. The van der Waals surface area contributed by atoms with Crippen molar-refractivity contribution in [3.63, 3.8) is 0 Å². The Morgan fingerprint density at radius 1 is 1.22 bits per heavy atom. The van der Waals surface area contributed by atoms with Crippen LogP contribution in [0.2, 0.25) is 0 Å². The lowest BCUT2D eigenvalue weighted by Gasteiger charge is -2.18. The summed E-state index contributed by atoms with van der Waals surface area (Å²) in [6.07, 6.45) is 5.64. The van der Waals surface area contributed by atoms with Gasteiger partial charge in [-0.1, -0.05) is 30.8 Å². The van der Waals surface area contributed by atoms with Crippen LogP contribution in [0, 0.1) is 12.7 Å². The molecular formula is C25H26FN5O. The normalized spacial score (nSPS) is 15.0. The number of aromatic nitrogens is 1. The van der Waals surface area contributed by atoms with Crippen molar-refractivity contribution < 1.29 is 9.13 Å². The van der Waals surface area contributed by atoms with Gasteiger partial charge < -0.3 is 20.4 Å². The first-order valence-corrected chi connectivity index (χ1v) is 10.3. The zero-order valence-electron chi connectivity index (χ0n) is 18.1. The lowest BCUT2D eigenvalue weighted by Crippen LogP contribution is -2.37. The molecular weight excluding hydrogens is 405 g/mol. The quantitative estimate of drug-likeness (QED) is 0.477. The Morgan fingerprint density at radius 3 is 2.78 bits per heavy atom. The fraction of sp³-hybridized carbons (Fsp3) is 0.160. The van der Waals surface area contributed by atoms with Crippen LogP contribution >= 0.6 is 0 Å². The molecule has 0 spiro atoms. The van der Waals surface area contributed by atoms with Gasteiger partial charge in [0.15, 0.2) is 0 Å². The second-order valence-electron chi connectivity index (χ2n) is 7.57. The van der Waals surface area contributed by atoms with E-state index in [0.717, 1.165) is 28.1 Å². The SMILES string of the molecule is C=C(NCc1ccc(F)cc1)c1cccc(Oc2ccnc(NC3C=CN(C)N3)c2)c1C. The first-order chi connectivity index (χ1) is 15.5. The van der Waals surface area contributed by atoms with Gasteiger partial charge in [0.05, 0.1) is 0 Å². The van der Waals surface area contributed by atoms with Crippen LogP contribution in [0.15, 0.2) is 79.6 Å². The number of anilines is 1. The van der Waals surface area contributed by atoms with E-state index in [1.807, 2.05) is 61.6 Å². The molecule has 4 rings (SSSR count). The summed E-state index contributed by atoms with van der Waals surface area (Å²) in [5.74, 6) is 1.89. The smallest absolute Gasteiger partial charge is 0.132 e. The molecule has 0 amide bonds. The van der Waals surface area contributed by atoms with Gasteiger partial charge in [0.25, 0.3) is 0 Å². The average Bonchev–Trinajstić information content (AvgIpc) is 3.19. The molecule has 2 aromatic carbocycles. The Hall–Kier alpha value is -3.84. The van der Waals surface area contributed by atoms with Crippen LogP contribution in [0.5, 0.6) is 11.5 Å². The van der Waals surface area contributed by atoms with E-state index in [0.29, 0.717) is 18.1 Å². The van der Waals surface area contributed by atoms with Crippen molar-refractivity contribution in [1.29, 1.82) is 0 Å². The summed E-state index contributed by atoms with van der Waals surface area (Å²) in [6, 6.07) is 16.0. The fourth-order valence-corrected chi connectivity index (χ4v) is 3.40. The highest BCUT2D eigenvalue weighted by Crippen LogP contribution is 2.30. The monoisotopic (exact) mass is 431 g/mol. The van der Waals surface area contributed by atoms with Gasteiger partial charge in [-0.05, 0) is 42.8 Å². The molecule has 3 N–H and O–H groups in total. The van der Waals surface area contributed by atoms with Crippen LogP contribution < -0.4 is 20.8 Å². The number of hydrogen-bond acceptors (Lipinski definition) is 6. The van der Waals surface area contributed by atoms with Gasteiger partial charge in [-0.3, -0.25) is 0 Å². The minimum Gasteiger partial charge on any atom is -0.457 e. The summed E-state index contributed by atoms with van der Waals surface area (Å²) >= 11 is 0. The topological polar surface area (TPSA) is 61.5 Å². The van der Waals surface area contributed by atoms with Gasteiger partial charge in [0.2, 0.25) is 0 Å². The van der Waals surface area contributed by atoms with Crippen molar-refractivity contribution in [3.8, 4) is 11.5 Å². The molecule has 164 valence electrons. The van der Waals surface area contributed by atoms with Crippen molar-refractivity contribution >= 4 is 11.5 Å². The summed E-state index contributed by atoms with van der Waals surface area (Å²) in [6.45, 7) is 6.72. The summed E-state index contributed by atoms with van der Waals surface area (Å²) in [4.78, 5) is 4.37.